The van der Waals surface area contributed by atoms with Crippen LogP contribution in [0.5, 0.6) is 0 Å². The Kier molecular flexibility index (Phi) is 2.80. The first-order valence-corrected chi connectivity index (χ1v) is 3.39. The minimum atomic E-state index is -1.17. The largest absolute Gasteiger partial charge is 0.478 e. The first-order chi connectivity index (χ1) is 6.20. The summed E-state index contributed by atoms with van der Waals surface area (Å²) in [6, 6.07) is 2.21. The second-order valence-corrected chi connectivity index (χ2v) is 2.13. The van der Waals surface area contributed by atoms with E-state index in [1.165, 1.54) is 12.3 Å². The molecule has 0 aliphatic rings. The van der Waals surface area contributed by atoms with Gasteiger partial charge in [0.25, 0.3) is 0 Å². The van der Waals surface area contributed by atoms with Crippen molar-refractivity contribution in [1.82, 2.24) is 15.2 Å². The molecule has 1 aromatic rings. The lowest BCUT2D eigenvalue weighted by Crippen LogP contribution is -2.04. The predicted molar refractivity (Wildman–Crippen MR) is 43.8 cm³/mol. The zero-order valence-corrected chi connectivity index (χ0v) is 6.52. The summed E-state index contributed by atoms with van der Waals surface area (Å²) in [5, 5.41) is 14.5. The summed E-state index contributed by atoms with van der Waals surface area (Å²) in [7, 11) is 0. The standard InChI is InChI=1S/C7H7N3O3/c11-6-3-5(7(12)13)1-2-9-10-4-8-6/h1-4,9H,(H,12,13)(H,8,10,11). The number of hydrogen-bond donors (Lipinski definition) is 3. The van der Waals surface area contributed by atoms with Crippen molar-refractivity contribution in [2.24, 2.45) is 0 Å². The van der Waals surface area contributed by atoms with Gasteiger partial charge in [-0.05, 0) is 6.07 Å². The topological polar surface area (TPSA) is 98.8 Å². The lowest BCUT2D eigenvalue weighted by molar-refractivity contribution is 0.0697. The third kappa shape index (κ3) is 2.78. The molecule has 6 heteroatoms. The Morgan fingerprint density at radius 1 is 1.54 bits per heavy atom. The minimum Gasteiger partial charge on any atom is -0.478 e. The number of nitrogens with one attached hydrogen (secondary N) is 2. The van der Waals surface area contributed by atoms with Gasteiger partial charge in [0, 0.05) is 12.3 Å². The number of H-pyrrole nitrogens is 2. The highest BCUT2D eigenvalue weighted by molar-refractivity contribution is 5.87. The van der Waals surface area contributed by atoms with Gasteiger partial charge in [0.05, 0.1) is 5.56 Å². The summed E-state index contributed by atoms with van der Waals surface area (Å²) in [5.41, 5.74) is -0.648. The van der Waals surface area contributed by atoms with Crippen LogP contribution in [0.25, 0.3) is 0 Å². The molecule has 6 nitrogen and oxygen atoms in total. The number of hydrogen-bond acceptors (Lipinski definition) is 3. The van der Waals surface area contributed by atoms with Crippen LogP contribution < -0.4 is 5.56 Å². The number of carboxylic acids is 1. The van der Waals surface area contributed by atoms with E-state index < -0.39 is 11.5 Å². The first kappa shape index (κ1) is 8.98. The van der Waals surface area contributed by atoms with Crippen LogP contribution in [0.1, 0.15) is 10.4 Å². The lowest BCUT2D eigenvalue weighted by atomic mass is 10.3. The average Bonchev–Trinajstić information content (AvgIpc) is 2.16. The van der Waals surface area contributed by atoms with E-state index in [1.54, 1.807) is 0 Å². The highest BCUT2D eigenvalue weighted by atomic mass is 16.4. The Hall–Kier alpha value is -2.11. The summed E-state index contributed by atoms with van der Waals surface area (Å²) >= 11 is 0. The van der Waals surface area contributed by atoms with Gasteiger partial charge < -0.3 is 10.1 Å². The van der Waals surface area contributed by atoms with Crippen LogP contribution in [0, 0.1) is 0 Å². The zero-order valence-electron chi connectivity index (χ0n) is 6.52. The summed E-state index contributed by atoms with van der Waals surface area (Å²) in [4.78, 5) is 23.6. The Labute approximate surface area is 72.6 Å². The van der Waals surface area contributed by atoms with E-state index in [0.717, 1.165) is 12.4 Å². The summed E-state index contributed by atoms with van der Waals surface area (Å²) in [5.74, 6) is -1.17. The Morgan fingerprint density at radius 2 is 2.31 bits per heavy atom. The van der Waals surface area contributed by atoms with E-state index in [1.807, 2.05) is 0 Å². The van der Waals surface area contributed by atoms with Crippen molar-refractivity contribution < 1.29 is 9.90 Å². The van der Waals surface area contributed by atoms with Crippen LogP contribution in [-0.4, -0.2) is 26.3 Å². The first-order valence-electron chi connectivity index (χ1n) is 3.39. The number of carboxylic acid groups (broad SMARTS) is 1. The highest BCUT2D eigenvalue weighted by Gasteiger charge is 1.98. The Morgan fingerprint density at radius 3 is 3.00 bits per heavy atom. The molecule has 0 atom stereocenters. The normalized spacial score (nSPS) is 8.92. The lowest BCUT2D eigenvalue weighted by Gasteiger charge is -1.84. The molecule has 0 fully saturated rings. The van der Waals surface area contributed by atoms with E-state index in [-0.39, 0.29) is 5.56 Å². The van der Waals surface area contributed by atoms with Crippen molar-refractivity contribution in [3.8, 4) is 0 Å². The molecule has 68 valence electrons. The van der Waals surface area contributed by atoms with Crippen LogP contribution >= 0.6 is 0 Å². The van der Waals surface area contributed by atoms with Gasteiger partial charge in [0.1, 0.15) is 6.33 Å². The minimum absolute atomic E-state index is 0.115. The van der Waals surface area contributed by atoms with Gasteiger partial charge in [-0.2, -0.15) is 5.10 Å². The van der Waals surface area contributed by atoms with Gasteiger partial charge in [-0.3, -0.25) is 9.89 Å². The van der Waals surface area contributed by atoms with Gasteiger partial charge in [0.2, 0.25) is 5.56 Å². The van der Waals surface area contributed by atoms with Crippen molar-refractivity contribution in [1.29, 1.82) is 0 Å². The summed E-state index contributed by atoms with van der Waals surface area (Å²) in [6.45, 7) is 0. The summed E-state index contributed by atoms with van der Waals surface area (Å²) < 4.78 is 0. The smallest absolute Gasteiger partial charge is 0.335 e. The maximum atomic E-state index is 10.9. The van der Waals surface area contributed by atoms with Crippen molar-refractivity contribution in [3.05, 3.63) is 40.6 Å². The van der Waals surface area contributed by atoms with E-state index in [2.05, 4.69) is 15.2 Å². The molecule has 0 amide bonds. The highest BCUT2D eigenvalue weighted by Crippen LogP contribution is 1.88. The molecule has 0 saturated carbocycles. The van der Waals surface area contributed by atoms with E-state index in [0.29, 0.717) is 0 Å². The van der Waals surface area contributed by atoms with Gasteiger partial charge in [-0.25, -0.2) is 4.79 Å². The van der Waals surface area contributed by atoms with Crippen LogP contribution in [0.15, 0.2) is 29.5 Å². The number of rotatable bonds is 1. The van der Waals surface area contributed by atoms with E-state index in [4.69, 9.17) is 5.11 Å². The zero-order chi connectivity index (χ0) is 9.68. The third-order valence-corrected chi connectivity index (χ3v) is 1.22. The fraction of sp³-hybridized carbons (Fsp3) is 0. The third-order valence-electron chi connectivity index (χ3n) is 1.22. The van der Waals surface area contributed by atoms with Crippen LogP contribution in [0.3, 0.4) is 0 Å². The molecule has 0 saturated heterocycles. The van der Waals surface area contributed by atoms with Crippen molar-refractivity contribution in [2.45, 2.75) is 0 Å². The second-order valence-electron chi connectivity index (χ2n) is 2.13. The number of aromatic nitrogens is 3. The van der Waals surface area contributed by atoms with Gasteiger partial charge >= 0.3 is 5.97 Å². The van der Waals surface area contributed by atoms with Crippen molar-refractivity contribution in [2.75, 3.05) is 0 Å². The molecule has 0 spiro atoms. The van der Waals surface area contributed by atoms with Crippen molar-refractivity contribution >= 4 is 5.97 Å². The molecule has 1 aromatic heterocycles. The monoisotopic (exact) mass is 181 g/mol. The van der Waals surface area contributed by atoms with Gasteiger partial charge in [-0.1, -0.05) is 0 Å². The van der Waals surface area contributed by atoms with Crippen LogP contribution in [0.4, 0.5) is 0 Å². The molecular weight excluding hydrogens is 174 g/mol. The van der Waals surface area contributed by atoms with Gasteiger partial charge in [-0.15, -0.1) is 0 Å². The van der Waals surface area contributed by atoms with Crippen LogP contribution in [-0.2, 0) is 0 Å². The number of aromatic carboxylic acids is 1. The molecule has 0 aromatic carbocycles. The molecule has 0 aliphatic carbocycles. The number of aromatic amines is 2. The fourth-order valence-corrected chi connectivity index (χ4v) is 0.667. The van der Waals surface area contributed by atoms with Gasteiger partial charge in [0.15, 0.2) is 0 Å². The molecule has 1 rings (SSSR count). The molecule has 0 aliphatic heterocycles. The molecule has 1 heterocycles. The Bertz CT molecular complexity index is 405. The predicted octanol–water partition coefficient (Wildman–Crippen LogP) is -0.0794. The summed E-state index contributed by atoms with van der Waals surface area (Å²) in [6.07, 6.45) is 2.45. The number of nitrogens with zero attached hydrogens (tertiary/aromatic N) is 1. The molecular formula is C7H7N3O3. The van der Waals surface area contributed by atoms with Crippen molar-refractivity contribution in [3.63, 3.8) is 0 Å². The molecule has 0 radical (unpaired) electrons. The SMILES string of the molecule is O=C(O)c1cc[nH]nc[nH]c(=O)c1. The molecule has 0 bridgehead atoms. The maximum Gasteiger partial charge on any atom is 0.335 e. The quantitative estimate of drug-likeness (QED) is 0.564. The number of carbonyl (C=O) groups is 1. The molecule has 0 unspecified atom stereocenters. The maximum absolute atomic E-state index is 10.9. The average molecular weight is 181 g/mol. The van der Waals surface area contributed by atoms with Crippen LogP contribution in [0.2, 0.25) is 0 Å². The van der Waals surface area contributed by atoms with E-state index in [9.17, 15) is 9.59 Å². The molecule has 13 heavy (non-hydrogen) atoms. The second kappa shape index (κ2) is 4.05. The van der Waals surface area contributed by atoms with E-state index >= 15 is 0 Å². The molecule has 3 N–H and O–H groups in total. The Balaban J connectivity index is 3.42. The fourth-order valence-electron chi connectivity index (χ4n) is 0.667.